The van der Waals surface area contributed by atoms with Gasteiger partial charge in [0, 0.05) is 51.8 Å². The number of carbonyl (C=O) groups is 1. The van der Waals surface area contributed by atoms with E-state index in [1.807, 2.05) is 4.90 Å². The van der Waals surface area contributed by atoms with Crippen molar-refractivity contribution in [3.05, 3.63) is 29.4 Å². The SMILES string of the molecule is Cc1nc(CN2CCN(C(=O)[C@H]3NCCc4[nH]cnc43)CC2)no1. The number of piperazine rings is 1. The zero-order valence-electron chi connectivity index (χ0n) is 13.7. The van der Waals surface area contributed by atoms with Crippen molar-refractivity contribution in [3.63, 3.8) is 0 Å². The van der Waals surface area contributed by atoms with Crippen LogP contribution in [0.3, 0.4) is 0 Å². The summed E-state index contributed by atoms with van der Waals surface area (Å²) in [7, 11) is 0. The Kier molecular flexibility index (Phi) is 4.03. The number of hydrogen-bond donors (Lipinski definition) is 2. The molecular weight excluding hydrogens is 310 g/mol. The first kappa shape index (κ1) is 15.3. The zero-order valence-corrected chi connectivity index (χ0v) is 13.7. The summed E-state index contributed by atoms with van der Waals surface area (Å²) in [5.41, 5.74) is 1.91. The van der Waals surface area contributed by atoms with Crippen molar-refractivity contribution in [3.8, 4) is 0 Å². The summed E-state index contributed by atoms with van der Waals surface area (Å²) in [5.74, 6) is 1.39. The molecule has 1 amide bonds. The normalized spacial score (nSPS) is 21.7. The summed E-state index contributed by atoms with van der Waals surface area (Å²) < 4.78 is 5.00. The lowest BCUT2D eigenvalue weighted by atomic mass is 10.0. The Morgan fingerprint density at radius 2 is 2.21 bits per heavy atom. The molecule has 1 saturated heterocycles. The summed E-state index contributed by atoms with van der Waals surface area (Å²) in [4.78, 5) is 28.7. The summed E-state index contributed by atoms with van der Waals surface area (Å²) >= 11 is 0. The molecule has 2 aromatic heterocycles. The lowest BCUT2D eigenvalue weighted by molar-refractivity contribution is -0.135. The minimum absolute atomic E-state index is 0.109. The number of imidazole rings is 1. The van der Waals surface area contributed by atoms with Crippen molar-refractivity contribution in [2.24, 2.45) is 0 Å². The fourth-order valence-corrected chi connectivity index (χ4v) is 3.34. The van der Waals surface area contributed by atoms with Gasteiger partial charge in [-0.15, -0.1) is 0 Å². The topological polar surface area (TPSA) is 103 Å². The predicted octanol–water partition coefficient (Wildman–Crippen LogP) is -0.368. The third kappa shape index (κ3) is 2.92. The monoisotopic (exact) mass is 331 g/mol. The number of aromatic nitrogens is 4. The standard InChI is InChI=1S/C15H21N7O2/c1-10-19-12(20-24-10)8-21-4-6-22(7-5-21)15(23)14-13-11(2-3-16-14)17-9-18-13/h9,14,16H,2-8H2,1H3,(H,17,18)/t14-/m0/s1. The number of rotatable bonds is 3. The Bertz CT molecular complexity index is 717. The van der Waals surface area contributed by atoms with Crippen molar-refractivity contribution < 1.29 is 9.32 Å². The third-order valence-electron chi connectivity index (χ3n) is 4.61. The van der Waals surface area contributed by atoms with Crippen LogP contribution in [0.4, 0.5) is 0 Å². The number of aromatic amines is 1. The lowest BCUT2D eigenvalue weighted by Gasteiger charge is -2.36. The van der Waals surface area contributed by atoms with E-state index < -0.39 is 0 Å². The molecule has 0 unspecified atom stereocenters. The highest BCUT2D eigenvalue weighted by Gasteiger charge is 2.33. The number of amides is 1. The summed E-state index contributed by atoms with van der Waals surface area (Å²) in [6.07, 6.45) is 2.56. The van der Waals surface area contributed by atoms with Crippen molar-refractivity contribution in [1.29, 1.82) is 0 Å². The maximum atomic E-state index is 12.8. The summed E-state index contributed by atoms with van der Waals surface area (Å²) in [6.45, 7) is 6.25. The summed E-state index contributed by atoms with van der Waals surface area (Å²) in [6, 6.07) is -0.327. The van der Waals surface area contributed by atoms with Crippen LogP contribution in [-0.4, -0.2) is 68.5 Å². The molecule has 0 saturated carbocycles. The van der Waals surface area contributed by atoms with Crippen molar-refractivity contribution in [2.75, 3.05) is 32.7 Å². The number of nitrogens with zero attached hydrogens (tertiary/aromatic N) is 5. The van der Waals surface area contributed by atoms with Gasteiger partial charge >= 0.3 is 0 Å². The zero-order chi connectivity index (χ0) is 16.5. The number of aryl methyl sites for hydroxylation is 1. The maximum Gasteiger partial charge on any atom is 0.246 e. The van der Waals surface area contributed by atoms with E-state index in [1.165, 1.54) is 0 Å². The average molecular weight is 331 g/mol. The van der Waals surface area contributed by atoms with Crippen LogP contribution in [0.1, 0.15) is 29.1 Å². The van der Waals surface area contributed by atoms with Gasteiger partial charge in [-0.05, 0) is 0 Å². The van der Waals surface area contributed by atoms with Crippen LogP contribution in [0.2, 0.25) is 0 Å². The molecular formula is C15H21N7O2. The van der Waals surface area contributed by atoms with Crippen LogP contribution >= 0.6 is 0 Å². The third-order valence-corrected chi connectivity index (χ3v) is 4.61. The van der Waals surface area contributed by atoms with Crippen molar-refractivity contribution in [2.45, 2.75) is 25.9 Å². The number of fused-ring (bicyclic) bond motifs is 1. The molecule has 0 spiro atoms. The van der Waals surface area contributed by atoms with Crippen LogP contribution in [-0.2, 0) is 17.8 Å². The van der Waals surface area contributed by atoms with Crippen LogP contribution < -0.4 is 5.32 Å². The number of hydrogen-bond acceptors (Lipinski definition) is 7. The minimum atomic E-state index is -0.327. The molecule has 4 rings (SSSR count). The van der Waals surface area contributed by atoms with Crippen molar-refractivity contribution in [1.82, 2.24) is 35.2 Å². The van der Waals surface area contributed by atoms with Gasteiger partial charge < -0.3 is 19.7 Å². The molecule has 4 heterocycles. The van der Waals surface area contributed by atoms with Gasteiger partial charge in [0.2, 0.25) is 11.8 Å². The van der Waals surface area contributed by atoms with Gasteiger partial charge in [-0.25, -0.2) is 4.98 Å². The first-order chi connectivity index (χ1) is 11.7. The summed E-state index contributed by atoms with van der Waals surface area (Å²) in [5, 5.41) is 7.22. The Labute approximate surface area is 139 Å². The van der Waals surface area contributed by atoms with Gasteiger partial charge in [0.05, 0.1) is 18.6 Å². The average Bonchev–Trinajstić information content (AvgIpc) is 3.23. The van der Waals surface area contributed by atoms with Crippen molar-refractivity contribution >= 4 is 5.91 Å². The smallest absolute Gasteiger partial charge is 0.246 e. The van der Waals surface area contributed by atoms with E-state index in [-0.39, 0.29) is 11.9 Å². The van der Waals surface area contributed by atoms with E-state index in [0.29, 0.717) is 31.3 Å². The van der Waals surface area contributed by atoms with Crippen LogP contribution in [0, 0.1) is 6.92 Å². The second-order valence-electron chi connectivity index (χ2n) is 6.23. The van der Waals surface area contributed by atoms with Gasteiger partial charge in [-0.2, -0.15) is 4.98 Å². The van der Waals surface area contributed by atoms with E-state index in [1.54, 1.807) is 13.3 Å². The Morgan fingerprint density at radius 1 is 1.38 bits per heavy atom. The molecule has 9 heteroatoms. The fraction of sp³-hybridized carbons (Fsp3) is 0.600. The highest BCUT2D eigenvalue weighted by Crippen LogP contribution is 2.22. The van der Waals surface area contributed by atoms with E-state index in [0.717, 1.165) is 37.4 Å². The highest BCUT2D eigenvalue weighted by atomic mass is 16.5. The molecule has 1 fully saturated rings. The Morgan fingerprint density at radius 3 is 2.96 bits per heavy atom. The molecule has 24 heavy (non-hydrogen) atoms. The molecule has 2 aliphatic rings. The molecule has 2 N–H and O–H groups in total. The van der Waals surface area contributed by atoms with Gasteiger partial charge in [0.25, 0.3) is 0 Å². The van der Waals surface area contributed by atoms with E-state index in [9.17, 15) is 4.79 Å². The molecule has 2 aromatic rings. The maximum absolute atomic E-state index is 12.8. The minimum Gasteiger partial charge on any atom is -0.348 e. The number of nitrogens with one attached hydrogen (secondary N) is 2. The second kappa shape index (κ2) is 6.33. The lowest BCUT2D eigenvalue weighted by Crippen LogP contribution is -2.52. The molecule has 0 aromatic carbocycles. The van der Waals surface area contributed by atoms with Crippen LogP contribution in [0.5, 0.6) is 0 Å². The Balaban J connectivity index is 1.35. The highest BCUT2D eigenvalue weighted by molar-refractivity contribution is 5.83. The first-order valence-corrected chi connectivity index (χ1v) is 8.26. The van der Waals surface area contributed by atoms with Crippen LogP contribution in [0.15, 0.2) is 10.9 Å². The molecule has 2 aliphatic heterocycles. The fourth-order valence-electron chi connectivity index (χ4n) is 3.34. The largest absolute Gasteiger partial charge is 0.348 e. The van der Waals surface area contributed by atoms with E-state index in [2.05, 4.69) is 30.3 Å². The molecule has 1 atom stereocenters. The molecule has 0 bridgehead atoms. The molecule has 128 valence electrons. The van der Waals surface area contributed by atoms with Gasteiger partial charge in [-0.3, -0.25) is 9.69 Å². The van der Waals surface area contributed by atoms with E-state index in [4.69, 9.17) is 4.52 Å². The number of H-pyrrole nitrogens is 1. The van der Waals surface area contributed by atoms with Gasteiger partial charge in [0.15, 0.2) is 5.82 Å². The van der Waals surface area contributed by atoms with E-state index >= 15 is 0 Å². The number of carbonyl (C=O) groups excluding carboxylic acids is 1. The molecule has 9 nitrogen and oxygen atoms in total. The predicted molar refractivity (Wildman–Crippen MR) is 83.9 cm³/mol. The molecule has 0 aliphatic carbocycles. The van der Waals surface area contributed by atoms with Gasteiger partial charge in [0.1, 0.15) is 6.04 Å². The van der Waals surface area contributed by atoms with Crippen LogP contribution in [0.25, 0.3) is 0 Å². The first-order valence-electron chi connectivity index (χ1n) is 8.26. The second-order valence-corrected chi connectivity index (χ2v) is 6.23. The molecule has 0 radical (unpaired) electrons. The quantitative estimate of drug-likeness (QED) is 0.791. The Hall–Kier alpha value is -2.26. The van der Waals surface area contributed by atoms with Gasteiger partial charge in [-0.1, -0.05) is 5.16 Å².